The predicted molar refractivity (Wildman–Crippen MR) is 99.2 cm³/mol. The molecule has 0 bridgehead atoms. The first-order chi connectivity index (χ1) is 12.4. The summed E-state index contributed by atoms with van der Waals surface area (Å²) in [4.78, 5) is 35.9. The summed E-state index contributed by atoms with van der Waals surface area (Å²) in [6.45, 7) is 3.72. The first-order valence-electron chi connectivity index (χ1n) is 7.84. The van der Waals surface area contributed by atoms with Gasteiger partial charge in [0.25, 0.3) is 5.56 Å². The highest BCUT2D eigenvalue weighted by atomic mass is 16.4. The molecule has 0 aliphatic heterocycles. The van der Waals surface area contributed by atoms with Crippen LogP contribution in [-0.4, -0.2) is 27.0 Å². The number of aliphatic carboxylic acids is 1. The highest BCUT2D eigenvalue weighted by Gasteiger charge is 2.02. The van der Waals surface area contributed by atoms with Gasteiger partial charge in [0.2, 0.25) is 6.41 Å². The maximum absolute atomic E-state index is 11.1. The molecule has 0 fully saturated rings. The zero-order valence-electron chi connectivity index (χ0n) is 14.5. The van der Waals surface area contributed by atoms with Crippen molar-refractivity contribution >= 4 is 29.0 Å². The Labute approximate surface area is 149 Å². The molecule has 0 unspecified atom stereocenters. The number of rotatable bonds is 4. The Balaban J connectivity index is 0.000000189. The van der Waals surface area contributed by atoms with Crippen molar-refractivity contribution in [2.75, 3.05) is 5.32 Å². The monoisotopic (exact) mass is 353 g/mol. The van der Waals surface area contributed by atoms with E-state index in [-0.39, 0.29) is 0 Å². The minimum atomic E-state index is -1.12. The molecular formula is C19H19N3O4. The fourth-order valence-electron chi connectivity index (χ4n) is 2.30. The molecule has 0 aliphatic carbocycles. The van der Waals surface area contributed by atoms with E-state index in [2.05, 4.69) is 48.4 Å². The van der Waals surface area contributed by atoms with Gasteiger partial charge in [-0.05, 0) is 43.2 Å². The summed E-state index contributed by atoms with van der Waals surface area (Å²) in [7, 11) is 0. The van der Waals surface area contributed by atoms with Gasteiger partial charge >= 0.3 is 5.97 Å². The number of benzene rings is 1. The van der Waals surface area contributed by atoms with Crippen molar-refractivity contribution in [2.24, 2.45) is 0 Å². The van der Waals surface area contributed by atoms with Crippen LogP contribution in [0.15, 0.2) is 53.6 Å². The molecule has 7 nitrogen and oxygen atoms in total. The van der Waals surface area contributed by atoms with E-state index in [9.17, 15) is 14.4 Å². The summed E-state index contributed by atoms with van der Waals surface area (Å²) < 4.78 is 0.994. The van der Waals surface area contributed by atoms with Gasteiger partial charge in [0.1, 0.15) is 6.54 Å². The molecule has 3 aromatic rings. The topological polar surface area (TPSA) is 101 Å². The molecule has 2 N–H and O–H groups in total. The van der Waals surface area contributed by atoms with Crippen molar-refractivity contribution in [1.82, 2.24) is 9.55 Å². The molecule has 0 aliphatic rings. The molecule has 1 aromatic carbocycles. The number of carbonyl (C=O) groups is 2. The third kappa shape index (κ3) is 5.27. The Morgan fingerprint density at radius 2 is 1.96 bits per heavy atom. The van der Waals surface area contributed by atoms with Crippen LogP contribution in [0.3, 0.4) is 0 Å². The predicted octanol–water partition coefficient (Wildman–Crippen LogP) is 2.35. The fraction of sp³-hybridized carbons (Fsp3) is 0.158. The summed E-state index contributed by atoms with van der Waals surface area (Å²) in [6.07, 6.45) is 3.62. The van der Waals surface area contributed by atoms with Crippen molar-refractivity contribution in [3.05, 3.63) is 70.3 Å². The molecule has 0 atom stereocenters. The number of aromatic nitrogens is 2. The van der Waals surface area contributed by atoms with E-state index in [1.807, 2.05) is 6.20 Å². The van der Waals surface area contributed by atoms with Gasteiger partial charge in [-0.25, -0.2) is 0 Å². The van der Waals surface area contributed by atoms with E-state index in [4.69, 9.17) is 5.11 Å². The van der Waals surface area contributed by atoms with Crippen LogP contribution in [-0.2, 0) is 16.1 Å². The van der Waals surface area contributed by atoms with Crippen LogP contribution in [0.25, 0.3) is 10.9 Å². The van der Waals surface area contributed by atoms with Crippen LogP contribution in [0.4, 0.5) is 5.69 Å². The Kier molecular flexibility index (Phi) is 6.21. The zero-order chi connectivity index (χ0) is 19.1. The number of carbonyl (C=O) groups excluding carboxylic acids is 1. The van der Waals surface area contributed by atoms with Crippen LogP contribution in [0.5, 0.6) is 0 Å². The SMILES string of the molecule is Cc1cnc2cc(C)ccc2c1.O=CNc1ccc(=O)n(CC(=O)O)c1. The van der Waals surface area contributed by atoms with E-state index in [0.717, 1.165) is 10.1 Å². The van der Waals surface area contributed by atoms with Crippen LogP contribution >= 0.6 is 0 Å². The van der Waals surface area contributed by atoms with Crippen molar-refractivity contribution in [3.63, 3.8) is 0 Å². The molecule has 3 rings (SSSR count). The molecule has 7 heteroatoms. The lowest BCUT2D eigenvalue weighted by Crippen LogP contribution is -2.23. The van der Waals surface area contributed by atoms with Crippen molar-refractivity contribution in [3.8, 4) is 0 Å². The third-order valence-electron chi connectivity index (χ3n) is 3.49. The fourth-order valence-corrected chi connectivity index (χ4v) is 2.30. The van der Waals surface area contributed by atoms with E-state index >= 15 is 0 Å². The number of fused-ring (bicyclic) bond motifs is 1. The molecule has 0 spiro atoms. The van der Waals surface area contributed by atoms with E-state index in [0.29, 0.717) is 12.1 Å². The summed E-state index contributed by atoms with van der Waals surface area (Å²) in [5, 5.41) is 12.0. The van der Waals surface area contributed by atoms with Crippen molar-refractivity contribution in [2.45, 2.75) is 20.4 Å². The third-order valence-corrected chi connectivity index (χ3v) is 3.49. The highest BCUT2D eigenvalue weighted by Crippen LogP contribution is 2.14. The van der Waals surface area contributed by atoms with Crippen LogP contribution in [0.2, 0.25) is 0 Å². The number of hydrogen-bond donors (Lipinski definition) is 2. The minimum absolute atomic E-state index is 0.376. The average molecular weight is 353 g/mol. The van der Waals surface area contributed by atoms with Gasteiger partial charge in [0, 0.05) is 23.8 Å². The van der Waals surface area contributed by atoms with E-state index < -0.39 is 18.1 Å². The smallest absolute Gasteiger partial charge is 0.323 e. The van der Waals surface area contributed by atoms with Crippen molar-refractivity contribution in [1.29, 1.82) is 0 Å². The lowest BCUT2D eigenvalue weighted by molar-refractivity contribution is -0.137. The molecule has 0 radical (unpaired) electrons. The van der Waals surface area contributed by atoms with Crippen LogP contribution < -0.4 is 10.9 Å². The van der Waals surface area contributed by atoms with Gasteiger partial charge in [-0.1, -0.05) is 12.1 Å². The molecule has 0 saturated carbocycles. The Morgan fingerprint density at radius 3 is 2.65 bits per heavy atom. The second kappa shape index (κ2) is 8.57. The molecule has 1 amide bonds. The number of aryl methyl sites for hydroxylation is 2. The lowest BCUT2D eigenvalue weighted by atomic mass is 10.1. The minimum Gasteiger partial charge on any atom is -0.480 e. The standard InChI is InChI=1S/C11H11N.C8H8N2O4/c1-8-3-4-10-5-9(2)7-12-11(10)6-8;11-5-9-6-1-2-7(12)10(3-6)4-8(13)14/h3-7H,1-2H3;1-3,5H,4H2,(H,9,11)(H,13,14). The Hall–Kier alpha value is -3.48. The maximum atomic E-state index is 11.1. The Morgan fingerprint density at radius 1 is 1.19 bits per heavy atom. The summed E-state index contributed by atoms with van der Waals surface area (Å²) in [6, 6.07) is 11.1. The number of hydrogen-bond acceptors (Lipinski definition) is 4. The first-order valence-corrected chi connectivity index (χ1v) is 7.84. The van der Waals surface area contributed by atoms with Crippen LogP contribution in [0, 0.1) is 13.8 Å². The zero-order valence-corrected chi connectivity index (χ0v) is 14.5. The van der Waals surface area contributed by atoms with Gasteiger partial charge in [-0.2, -0.15) is 0 Å². The van der Waals surface area contributed by atoms with Gasteiger partial charge < -0.3 is 15.0 Å². The second-order valence-corrected chi connectivity index (χ2v) is 5.75. The number of nitrogens with one attached hydrogen (secondary N) is 1. The van der Waals surface area contributed by atoms with E-state index in [1.54, 1.807) is 0 Å². The molecular weight excluding hydrogens is 334 g/mol. The molecule has 2 aromatic heterocycles. The number of pyridine rings is 2. The van der Waals surface area contributed by atoms with Gasteiger partial charge in [-0.3, -0.25) is 19.4 Å². The highest BCUT2D eigenvalue weighted by molar-refractivity contribution is 5.79. The first kappa shape index (κ1) is 18.9. The largest absolute Gasteiger partial charge is 0.480 e. The average Bonchev–Trinajstić information content (AvgIpc) is 2.58. The van der Waals surface area contributed by atoms with Gasteiger partial charge in [-0.15, -0.1) is 0 Å². The van der Waals surface area contributed by atoms with Gasteiger partial charge in [0.05, 0.1) is 11.2 Å². The number of anilines is 1. The number of nitrogens with zero attached hydrogens (tertiary/aromatic N) is 2. The number of carboxylic acids is 1. The van der Waals surface area contributed by atoms with Crippen molar-refractivity contribution < 1.29 is 14.7 Å². The molecule has 26 heavy (non-hydrogen) atoms. The van der Waals surface area contributed by atoms with E-state index in [1.165, 1.54) is 34.8 Å². The second-order valence-electron chi connectivity index (χ2n) is 5.75. The normalized spacial score (nSPS) is 9.92. The summed E-state index contributed by atoms with van der Waals surface area (Å²) in [5.41, 5.74) is 3.51. The lowest BCUT2D eigenvalue weighted by Gasteiger charge is -2.03. The maximum Gasteiger partial charge on any atom is 0.323 e. The molecule has 134 valence electrons. The summed E-state index contributed by atoms with van der Waals surface area (Å²) in [5.74, 6) is -1.12. The number of amides is 1. The number of carboxylic acid groups (broad SMARTS) is 1. The van der Waals surface area contributed by atoms with Gasteiger partial charge in [0.15, 0.2) is 0 Å². The molecule has 2 heterocycles. The molecule has 0 saturated heterocycles. The quantitative estimate of drug-likeness (QED) is 0.701. The van der Waals surface area contributed by atoms with Crippen LogP contribution in [0.1, 0.15) is 11.1 Å². The Bertz CT molecular complexity index is 954. The summed E-state index contributed by atoms with van der Waals surface area (Å²) >= 11 is 0.